The summed E-state index contributed by atoms with van der Waals surface area (Å²) in [6, 6.07) is 4.90. The maximum atomic E-state index is 11.4. The predicted molar refractivity (Wildman–Crippen MR) is 79.0 cm³/mol. The molecule has 2 rings (SSSR count). The smallest absolute Gasteiger partial charge is 0.321 e. The summed E-state index contributed by atoms with van der Waals surface area (Å²) in [5.41, 5.74) is 1.68. The minimum absolute atomic E-state index is 0.232. The average molecular weight is 313 g/mol. The average Bonchev–Trinajstić information content (AvgIpc) is 2.80. The molecule has 106 valence electrons. The number of hydrogen-bond donors (Lipinski definition) is 3. The highest BCUT2D eigenvalue weighted by Crippen LogP contribution is 2.22. The molecule has 0 aliphatic heterocycles. The van der Waals surface area contributed by atoms with E-state index in [1.54, 1.807) is 12.1 Å². The van der Waals surface area contributed by atoms with Gasteiger partial charge in [0.1, 0.15) is 0 Å². The molecule has 0 aliphatic rings. The van der Waals surface area contributed by atoms with Crippen LogP contribution in [0.3, 0.4) is 0 Å². The molecular weight excluding hydrogens is 300 g/mol. The number of H-pyrrole nitrogens is 1. The van der Waals surface area contributed by atoms with Crippen molar-refractivity contribution in [1.82, 2.24) is 20.6 Å². The van der Waals surface area contributed by atoms with E-state index in [4.69, 9.17) is 11.6 Å². The molecule has 0 saturated carbocycles. The highest BCUT2D eigenvalue weighted by atomic mass is 35.5. The molecule has 1 heterocycles. The van der Waals surface area contributed by atoms with Crippen molar-refractivity contribution in [1.29, 1.82) is 0 Å². The van der Waals surface area contributed by atoms with Crippen molar-refractivity contribution in [3.8, 4) is 0 Å². The minimum Gasteiger partial charge on any atom is -0.341 e. The highest BCUT2D eigenvalue weighted by molar-refractivity contribution is 7.99. The number of imidazole rings is 1. The van der Waals surface area contributed by atoms with Gasteiger partial charge in [-0.2, -0.15) is 0 Å². The van der Waals surface area contributed by atoms with E-state index in [2.05, 4.69) is 20.6 Å². The third kappa shape index (κ3) is 3.88. The van der Waals surface area contributed by atoms with E-state index in [1.165, 1.54) is 18.8 Å². The van der Waals surface area contributed by atoms with Gasteiger partial charge in [-0.15, -0.1) is 0 Å². The molecule has 0 fully saturated rings. The standard InChI is InChI=1S/C12H13ClN4O2S/c1-14-11(19)17-10(18)4-5-20-12-15-8-3-2-7(13)6-9(8)16-12/h2-3,6H,4-5H2,1H3,(H,15,16)(H2,14,17,18,19). The topological polar surface area (TPSA) is 86.9 Å². The van der Waals surface area contributed by atoms with Gasteiger partial charge in [-0.3, -0.25) is 10.1 Å². The zero-order valence-corrected chi connectivity index (χ0v) is 12.3. The minimum atomic E-state index is -0.502. The first-order valence-corrected chi connectivity index (χ1v) is 7.24. The van der Waals surface area contributed by atoms with Gasteiger partial charge >= 0.3 is 6.03 Å². The monoisotopic (exact) mass is 312 g/mol. The van der Waals surface area contributed by atoms with Gasteiger partial charge in [-0.05, 0) is 18.2 Å². The summed E-state index contributed by atoms with van der Waals surface area (Å²) in [7, 11) is 1.46. The molecule has 3 N–H and O–H groups in total. The molecule has 0 saturated heterocycles. The lowest BCUT2D eigenvalue weighted by atomic mass is 10.3. The Morgan fingerprint density at radius 3 is 3.00 bits per heavy atom. The fourth-order valence-electron chi connectivity index (χ4n) is 1.52. The quantitative estimate of drug-likeness (QED) is 0.755. The first-order chi connectivity index (χ1) is 9.58. The SMILES string of the molecule is CNC(=O)NC(=O)CCSc1nc2ccc(Cl)cc2[nH]1. The van der Waals surface area contributed by atoms with Gasteiger partial charge in [0.25, 0.3) is 0 Å². The number of nitrogens with one attached hydrogen (secondary N) is 3. The predicted octanol–water partition coefficient (Wildman–Crippen LogP) is 2.15. The number of thioether (sulfide) groups is 1. The van der Waals surface area contributed by atoms with Gasteiger partial charge in [0, 0.05) is 24.2 Å². The molecule has 6 nitrogen and oxygen atoms in total. The van der Waals surface area contributed by atoms with E-state index in [1.807, 2.05) is 6.07 Å². The van der Waals surface area contributed by atoms with Crippen LogP contribution in [0.2, 0.25) is 5.02 Å². The number of halogens is 1. The normalized spacial score (nSPS) is 10.5. The van der Waals surface area contributed by atoms with Crippen molar-refractivity contribution in [3.63, 3.8) is 0 Å². The Labute approximate surface area is 124 Å². The van der Waals surface area contributed by atoms with E-state index < -0.39 is 6.03 Å². The van der Waals surface area contributed by atoms with Gasteiger partial charge < -0.3 is 10.3 Å². The first kappa shape index (κ1) is 14.7. The highest BCUT2D eigenvalue weighted by Gasteiger charge is 2.08. The number of fused-ring (bicyclic) bond motifs is 1. The third-order valence-corrected chi connectivity index (χ3v) is 3.58. The number of urea groups is 1. The molecule has 3 amide bonds. The molecule has 0 unspecified atom stereocenters. The molecule has 0 radical (unpaired) electrons. The Morgan fingerprint density at radius 2 is 2.25 bits per heavy atom. The molecule has 20 heavy (non-hydrogen) atoms. The fraction of sp³-hybridized carbons (Fsp3) is 0.250. The van der Waals surface area contributed by atoms with Gasteiger partial charge in [0.2, 0.25) is 5.91 Å². The number of carbonyl (C=O) groups is 2. The van der Waals surface area contributed by atoms with E-state index in [0.717, 1.165) is 16.2 Å². The van der Waals surface area contributed by atoms with Crippen molar-refractivity contribution in [2.45, 2.75) is 11.6 Å². The fourth-order valence-corrected chi connectivity index (χ4v) is 2.52. The number of rotatable bonds is 4. The zero-order chi connectivity index (χ0) is 14.5. The van der Waals surface area contributed by atoms with Crippen LogP contribution in [0.15, 0.2) is 23.4 Å². The molecule has 1 aromatic heterocycles. The number of carbonyl (C=O) groups excluding carboxylic acids is 2. The largest absolute Gasteiger partial charge is 0.341 e. The van der Waals surface area contributed by atoms with Crippen molar-refractivity contribution >= 4 is 46.3 Å². The molecule has 8 heteroatoms. The molecule has 0 bridgehead atoms. The Bertz CT molecular complexity index is 643. The van der Waals surface area contributed by atoms with E-state index in [0.29, 0.717) is 10.8 Å². The van der Waals surface area contributed by atoms with Crippen LogP contribution in [0.5, 0.6) is 0 Å². The van der Waals surface area contributed by atoms with Crippen molar-refractivity contribution in [2.24, 2.45) is 0 Å². The molecule has 2 aromatic rings. The van der Waals surface area contributed by atoms with Crippen LogP contribution in [-0.4, -0.2) is 34.7 Å². The zero-order valence-electron chi connectivity index (χ0n) is 10.7. The van der Waals surface area contributed by atoms with Crippen LogP contribution in [0.25, 0.3) is 11.0 Å². The van der Waals surface area contributed by atoms with Gasteiger partial charge in [0.05, 0.1) is 11.0 Å². The lowest BCUT2D eigenvalue weighted by molar-refractivity contribution is -0.119. The summed E-state index contributed by atoms with van der Waals surface area (Å²) < 4.78 is 0. The Balaban J connectivity index is 1.86. The molecular formula is C12H13ClN4O2S. The van der Waals surface area contributed by atoms with E-state index in [-0.39, 0.29) is 12.3 Å². The van der Waals surface area contributed by atoms with E-state index >= 15 is 0 Å². The number of aromatic amines is 1. The number of hydrogen-bond acceptors (Lipinski definition) is 4. The molecule has 1 aromatic carbocycles. The van der Waals surface area contributed by atoms with Crippen LogP contribution < -0.4 is 10.6 Å². The van der Waals surface area contributed by atoms with Crippen LogP contribution in [0, 0.1) is 0 Å². The number of nitrogens with zero attached hydrogens (tertiary/aromatic N) is 1. The molecule has 0 spiro atoms. The van der Waals surface area contributed by atoms with Crippen molar-refractivity contribution in [3.05, 3.63) is 23.2 Å². The van der Waals surface area contributed by atoms with Crippen LogP contribution in [0.4, 0.5) is 4.79 Å². The van der Waals surface area contributed by atoms with Crippen molar-refractivity contribution < 1.29 is 9.59 Å². The summed E-state index contributed by atoms with van der Waals surface area (Å²) in [5.74, 6) is 0.201. The maximum Gasteiger partial charge on any atom is 0.321 e. The van der Waals surface area contributed by atoms with Crippen LogP contribution in [0.1, 0.15) is 6.42 Å². The number of imide groups is 1. The van der Waals surface area contributed by atoms with Crippen LogP contribution >= 0.6 is 23.4 Å². The van der Waals surface area contributed by atoms with Gasteiger partial charge in [-0.1, -0.05) is 23.4 Å². The summed E-state index contributed by atoms with van der Waals surface area (Å²) in [4.78, 5) is 29.8. The Morgan fingerprint density at radius 1 is 1.45 bits per heavy atom. The summed E-state index contributed by atoms with van der Waals surface area (Å²) in [6.07, 6.45) is 0.232. The van der Waals surface area contributed by atoms with E-state index in [9.17, 15) is 9.59 Å². The van der Waals surface area contributed by atoms with Crippen molar-refractivity contribution in [2.75, 3.05) is 12.8 Å². The first-order valence-electron chi connectivity index (χ1n) is 5.88. The number of benzene rings is 1. The number of amides is 3. The molecule has 0 atom stereocenters. The Kier molecular flexibility index (Phi) is 4.86. The second-order valence-corrected chi connectivity index (χ2v) is 5.45. The third-order valence-electron chi connectivity index (χ3n) is 2.47. The van der Waals surface area contributed by atoms with Gasteiger partial charge in [-0.25, -0.2) is 9.78 Å². The lowest BCUT2D eigenvalue weighted by Gasteiger charge is -2.01. The van der Waals surface area contributed by atoms with Gasteiger partial charge in [0.15, 0.2) is 5.16 Å². The van der Waals surface area contributed by atoms with Crippen LogP contribution in [-0.2, 0) is 4.79 Å². The maximum absolute atomic E-state index is 11.4. The lowest BCUT2D eigenvalue weighted by Crippen LogP contribution is -2.37. The summed E-state index contributed by atoms with van der Waals surface area (Å²) in [5, 5.41) is 5.88. The summed E-state index contributed by atoms with van der Waals surface area (Å²) >= 11 is 7.30. The summed E-state index contributed by atoms with van der Waals surface area (Å²) in [6.45, 7) is 0. The molecule has 0 aliphatic carbocycles. The number of aromatic nitrogens is 2. The second kappa shape index (κ2) is 6.62. The second-order valence-electron chi connectivity index (χ2n) is 3.93. The Hall–Kier alpha value is -1.73.